The quantitative estimate of drug-likeness (QED) is 0.306. The molecule has 7 nitrogen and oxygen atoms in total. The number of fused-ring (bicyclic) bond motifs is 1. The maximum atomic E-state index is 12.7. The van der Waals surface area contributed by atoms with Crippen LogP contribution in [-0.2, 0) is 25.7 Å². The summed E-state index contributed by atoms with van der Waals surface area (Å²) in [5.74, 6) is -1.69. The van der Waals surface area contributed by atoms with E-state index in [1.165, 1.54) is 4.90 Å². The third-order valence-electron chi connectivity index (χ3n) is 6.59. The molecule has 0 saturated carbocycles. The second-order valence-corrected chi connectivity index (χ2v) is 8.74. The highest BCUT2D eigenvalue weighted by atomic mass is 16.5. The van der Waals surface area contributed by atoms with Crippen molar-refractivity contribution >= 4 is 29.4 Å². The van der Waals surface area contributed by atoms with Gasteiger partial charge in [0.15, 0.2) is 0 Å². The van der Waals surface area contributed by atoms with E-state index in [9.17, 15) is 19.2 Å². The van der Waals surface area contributed by atoms with Gasteiger partial charge in [-0.05, 0) is 42.7 Å². The zero-order chi connectivity index (χ0) is 22.9. The minimum atomic E-state index is -0.529. The van der Waals surface area contributed by atoms with E-state index < -0.39 is 11.9 Å². The van der Waals surface area contributed by atoms with Crippen LogP contribution >= 0.6 is 0 Å². The third-order valence-corrected chi connectivity index (χ3v) is 6.59. The number of hydrogen-bond acceptors (Lipinski definition) is 5. The SMILES string of the molecule is O=C(Oc1ccc(N2C(=O)[C@@H]3CC=CC[C@H]3C2=O)cc1)[C@@H]1CC(=O)N(Cc2ccccc2)C1. The summed E-state index contributed by atoms with van der Waals surface area (Å²) in [6.45, 7) is 0.784. The number of hydrogen-bond donors (Lipinski definition) is 0. The van der Waals surface area contributed by atoms with Crippen LogP contribution in [0, 0.1) is 17.8 Å². The molecule has 0 unspecified atom stereocenters. The minimum Gasteiger partial charge on any atom is -0.426 e. The maximum absolute atomic E-state index is 12.7. The molecule has 2 aromatic carbocycles. The number of esters is 1. The molecule has 33 heavy (non-hydrogen) atoms. The number of nitrogens with zero attached hydrogens (tertiary/aromatic N) is 2. The lowest BCUT2D eigenvalue weighted by molar-refractivity contribution is -0.139. The zero-order valence-electron chi connectivity index (χ0n) is 18.1. The summed E-state index contributed by atoms with van der Waals surface area (Å²) in [5, 5.41) is 0. The summed E-state index contributed by atoms with van der Waals surface area (Å²) in [4.78, 5) is 53.4. The molecule has 3 aliphatic rings. The molecular weight excluding hydrogens is 420 g/mol. The van der Waals surface area contributed by atoms with Crippen LogP contribution in [0.25, 0.3) is 0 Å². The number of likely N-dealkylation sites (tertiary alicyclic amines) is 1. The van der Waals surface area contributed by atoms with Gasteiger partial charge in [-0.3, -0.25) is 24.1 Å². The number of carbonyl (C=O) groups is 4. The van der Waals surface area contributed by atoms with Gasteiger partial charge >= 0.3 is 5.97 Å². The Kier molecular flexibility index (Phi) is 5.54. The lowest BCUT2D eigenvalue weighted by atomic mass is 9.85. The first-order valence-electron chi connectivity index (χ1n) is 11.2. The van der Waals surface area contributed by atoms with Crippen molar-refractivity contribution in [2.75, 3.05) is 11.4 Å². The van der Waals surface area contributed by atoms with Gasteiger partial charge in [-0.25, -0.2) is 0 Å². The van der Waals surface area contributed by atoms with E-state index in [1.807, 2.05) is 42.5 Å². The van der Waals surface area contributed by atoms with Gasteiger partial charge in [0.25, 0.3) is 0 Å². The lowest BCUT2D eigenvalue weighted by Gasteiger charge is -2.17. The second-order valence-electron chi connectivity index (χ2n) is 8.74. The highest BCUT2D eigenvalue weighted by molar-refractivity contribution is 6.22. The van der Waals surface area contributed by atoms with Crippen molar-refractivity contribution in [2.45, 2.75) is 25.8 Å². The Bertz CT molecular complexity index is 1100. The number of ether oxygens (including phenoxy) is 1. The number of amides is 3. The molecule has 2 heterocycles. The molecule has 0 aromatic heterocycles. The van der Waals surface area contributed by atoms with E-state index in [-0.39, 0.29) is 36.0 Å². The Hall–Kier alpha value is -3.74. The van der Waals surface area contributed by atoms with Gasteiger partial charge in [0.05, 0.1) is 23.4 Å². The summed E-state index contributed by atoms with van der Waals surface area (Å²) >= 11 is 0. The van der Waals surface area contributed by atoms with E-state index >= 15 is 0 Å². The summed E-state index contributed by atoms with van der Waals surface area (Å²) in [7, 11) is 0. The summed E-state index contributed by atoms with van der Waals surface area (Å²) in [5.41, 5.74) is 1.49. The number of carbonyl (C=O) groups excluding carboxylic acids is 4. The van der Waals surface area contributed by atoms with Crippen LogP contribution < -0.4 is 9.64 Å². The van der Waals surface area contributed by atoms with Gasteiger partial charge in [-0.15, -0.1) is 0 Å². The average Bonchev–Trinajstić information content (AvgIpc) is 3.32. The van der Waals surface area contributed by atoms with Crippen molar-refractivity contribution in [1.82, 2.24) is 4.90 Å². The Labute approximate surface area is 191 Å². The standard InChI is InChI=1S/C26H24N2O5/c29-23-14-18(16-27(23)15-17-6-2-1-3-7-17)26(32)33-20-12-10-19(11-13-20)28-24(30)21-8-4-5-9-22(21)25(28)31/h1-7,10-13,18,21-22H,8-9,14-16H2/t18-,21-,22-/m1/s1. The van der Waals surface area contributed by atoms with Crippen LogP contribution in [0.15, 0.2) is 66.7 Å². The van der Waals surface area contributed by atoms with Crippen LogP contribution in [0.3, 0.4) is 0 Å². The Morgan fingerprint density at radius 1 is 0.879 bits per heavy atom. The van der Waals surface area contributed by atoms with E-state index in [0.29, 0.717) is 37.4 Å². The van der Waals surface area contributed by atoms with E-state index in [4.69, 9.17) is 4.74 Å². The first-order valence-corrected chi connectivity index (χ1v) is 11.2. The summed E-state index contributed by atoms with van der Waals surface area (Å²) < 4.78 is 5.49. The molecule has 0 bridgehead atoms. The van der Waals surface area contributed by atoms with Crippen LogP contribution in [-0.4, -0.2) is 35.1 Å². The number of imide groups is 1. The molecule has 2 fully saturated rings. The number of rotatable bonds is 5. The fourth-order valence-electron chi connectivity index (χ4n) is 4.80. The van der Waals surface area contributed by atoms with Crippen molar-refractivity contribution in [1.29, 1.82) is 0 Å². The molecule has 1 aliphatic carbocycles. The van der Waals surface area contributed by atoms with E-state index in [2.05, 4.69) is 0 Å². The molecule has 3 amide bonds. The molecule has 2 aromatic rings. The van der Waals surface area contributed by atoms with Gasteiger partial charge < -0.3 is 9.64 Å². The summed E-state index contributed by atoms with van der Waals surface area (Å²) in [6.07, 6.45) is 5.20. The van der Waals surface area contributed by atoms with Gasteiger partial charge in [0, 0.05) is 19.5 Å². The van der Waals surface area contributed by atoms with Crippen molar-refractivity contribution in [3.05, 3.63) is 72.3 Å². The molecule has 7 heteroatoms. The molecule has 5 rings (SSSR count). The molecule has 2 aliphatic heterocycles. The monoisotopic (exact) mass is 444 g/mol. The van der Waals surface area contributed by atoms with Gasteiger partial charge in [-0.1, -0.05) is 42.5 Å². The second kappa shape index (κ2) is 8.65. The van der Waals surface area contributed by atoms with E-state index in [1.54, 1.807) is 29.2 Å². The van der Waals surface area contributed by atoms with E-state index in [0.717, 1.165) is 5.56 Å². The lowest BCUT2D eigenvalue weighted by Crippen LogP contribution is -2.30. The molecule has 3 atom stereocenters. The van der Waals surface area contributed by atoms with Crippen LogP contribution in [0.1, 0.15) is 24.8 Å². The zero-order valence-corrected chi connectivity index (χ0v) is 18.1. The topological polar surface area (TPSA) is 84.0 Å². The molecule has 168 valence electrons. The summed E-state index contributed by atoms with van der Waals surface area (Å²) in [6, 6.07) is 16.0. The smallest absolute Gasteiger partial charge is 0.316 e. The fourth-order valence-corrected chi connectivity index (χ4v) is 4.80. The van der Waals surface area contributed by atoms with Crippen LogP contribution in [0.4, 0.5) is 5.69 Å². The number of benzene rings is 2. The predicted octanol–water partition coefficient (Wildman–Crippen LogP) is 3.10. The van der Waals surface area contributed by atoms with Crippen molar-refractivity contribution in [3.8, 4) is 5.75 Å². The van der Waals surface area contributed by atoms with Gasteiger partial charge in [0.2, 0.25) is 17.7 Å². The maximum Gasteiger partial charge on any atom is 0.316 e. The molecule has 0 radical (unpaired) electrons. The van der Waals surface area contributed by atoms with Gasteiger partial charge in [0.1, 0.15) is 5.75 Å². The van der Waals surface area contributed by atoms with Crippen molar-refractivity contribution in [3.63, 3.8) is 0 Å². The largest absolute Gasteiger partial charge is 0.426 e. The average molecular weight is 444 g/mol. The molecular formula is C26H24N2O5. The molecule has 2 saturated heterocycles. The van der Waals surface area contributed by atoms with Crippen LogP contribution in [0.5, 0.6) is 5.75 Å². The van der Waals surface area contributed by atoms with Crippen LogP contribution in [0.2, 0.25) is 0 Å². The first kappa shape index (κ1) is 21.1. The van der Waals surface area contributed by atoms with Gasteiger partial charge in [-0.2, -0.15) is 0 Å². The molecule has 0 spiro atoms. The third kappa shape index (κ3) is 4.06. The fraction of sp³-hybridized carbons (Fsp3) is 0.308. The first-order chi connectivity index (χ1) is 16.0. The predicted molar refractivity (Wildman–Crippen MR) is 120 cm³/mol. The Balaban J connectivity index is 1.21. The number of anilines is 1. The minimum absolute atomic E-state index is 0.0711. The molecule has 0 N–H and O–H groups in total. The Morgan fingerprint density at radius 3 is 2.15 bits per heavy atom. The number of allylic oxidation sites excluding steroid dienone is 2. The Morgan fingerprint density at radius 2 is 1.52 bits per heavy atom. The highest BCUT2D eigenvalue weighted by Gasteiger charge is 2.47. The normalized spacial score (nSPS) is 24.4. The van der Waals surface area contributed by atoms with Crippen molar-refractivity contribution in [2.24, 2.45) is 17.8 Å². The van der Waals surface area contributed by atoms with Crippen molar-refractivity contribution < 1.29 is 23.9 Å². The highest BCUT2D eigenvalue weighted by Crippen LogP contribution is 2.38.